The highest BCUT2D eigenvalue weighted by atomic mass is 16.5. The lowest BCUT2D eigenvalue weighted by atomic mass is 10.0. The van der Waals surface area contributed by atoms with Crippen LogP contribution in [0.15, 0.2) is 4.52 Å². The molecule has 4 nitrogen and oxygen atoms in total. The summed E-state index contributed by atoms with van der Waals surface area (Å²) in [4.78, 5) is 0. The summed E-state index contributed by atoms with van der Waals surface area (Å²) >= 11 is 0. The Balaban J connectivity index is 1.88. The van der Waals surface area contributed by atoms with Gasteiger partial charge in [0, 0.05) is 18.6 Å². The molecular formula is C12H20N2O2. The molecule has 0 aliphatic carbocycles. The lowest BCUT2D eigenvalue weighted by Gasteiger charge is -2.21. The predicted molar refractivity (Wildman–Crippen MR) is 62.2 cm³/mol. The van der Waals surface area contributed by atoms with E-state index in [1.165, 1.54) is 19.3 Å². The molecule has 16 heavy (non-hydrogen) atoms. The first kappa shape index (κ1) is 11.5. The number of anilines is 1. The molecule has 1 saturated heterocycles. The fraction of sp³-hybridized carbons (Fsp3) is 0.750. The van der Waals surface area contributed by atoms with E-state index in [0.717, 1.165) is 37.2 Å². The van der Waals surface area contributed by atoms with E-state index < -0.39 is 0 Å². The Morgan fingerprint density at radius 2 is 2.31 bits per heavy atom. The Morgan fingerprint density at radius 3 is 3.00 bits per heavy atom. The predicted octanol–water partition coefficient (Wildman–Crippen LogP) is 2.32. The molecule has 1 atom stereocenters. The van der Waals surface area contributed by atoms with Gasteiger partial charge in [-0.3, -0.25) is 0 Å². The summed E-state index contributed by atoms with van der Waals surface area (Å²) in [5.74, 6) is 1.48. The highest BCUT2D eigenvalue weighted by molar-refractivity contribution is 5.40. The average Bonchev–Trinajstić information content (AvgIpc) is 2.68. The van der Waals surface area contributed by atoms with Crippen molar-refractivity contribution in [3.05, 3.63) is 11.3 Å². The van der Waals surface area contributed by atoms with Crippen LogP contribution in [0.4, 0.5) is 5.82 Å². The molecule has 1 aliphatic rings. The minimum atomic E-state index is 0.393. The summed E-state index contributed by atoms with van der Waals surface area (Å²) in [6.45, 7) is 2.98. The van der Waals surface area contributed by atoms with Crippen LogP contribution in [0.5, 0.6) is 0 Å². The first-order chi connectivity index (χ1) is 7.81. The third kappa shape index (κ3) is 2.55. The summed E-state index contributed by atoms with van der Waals surface area (Å²) in [6, 6.07) is 0. The van der Waals surface area contributed by atoms with Gasteiger partial charge >= 0.3 is 0 Å². The van der Waals surface area contributed by atoms with Crippen LogP contribution in [0.2, 0.25) is 0 Å². The standard InChI is InChI=1S/C12H20N2O2/c1-2-10-11(16-14-12(10)13)7-6-9-5-3-4-8-15-9/h9H,2-8H2,1H3,(H2,13,14). The number of nitrogen functional groups attached to an aromatic ring is 1. The molecule has 0 radical (unpaired) electrons. The second-order valence-corrected chi connectivity index (χ2v) is 4.35. The van der Waals surface area contributed by atoms with E-state index in [0.29, 0.717) is 11.9 Å². The maximum atomic E-state index is 5.72. The quantitative estimate of drug-likeness (QED) is 0.852. The van der Waals surface area contributed by atoms with E-state index in [4.69, 9.17) is 15.0 Å². The summed E-state index contributed by atoms with van der Waals surface area (Å²) in [5.41, 5.74) is 6.79. The summed E-state index contributed by atoms with van der Waals surface area (Å²) in [6.07, 6.45) is 6.83. The Kier molecular flexibility index (Phi) is 3.83. The fourth-order valence-electron chi connectivity index (χ4n) is 2.26. The second-order valence-electron chi connectivity index (χ2n) is 4.35. The zero-order chi connectivity index (χ0) is 11.4. The molecule has 0 bridgehead atoms. The molecule has 0 aromatic carbocycles. The normalized spacial score (nSPS) is 21.2. The van der Waals surface area contributed by atoms with Crippen LogP contribution in [0.1, 0.15) is 43.9 Å². The zero-order valence-electron chi connectivity index (χ0n) is 9.87. The highest BCUT2D eigenvalue weighted by Crippen LogP contribution is 2.22. The first-order valence-corrected chi connectivity index (χ1v) is 6.15. The Labute approximate surface area is 96.1 Å². The Hall–Kier alpha value is -1.03. The lowest BCUT2D eigenvalue weighted by molar-refractivity contribution is 0.0106. The molecule has 0 amide bonds. The van der Waals surface area contributed by atoms with Gasteiger partial charge in [-0.05, 0) is 32.1 Å². The maximum absolute atomic E-state index is 5.72. The molecule has 2 N–H and O–H groups in total. The summed E-state index contributed by atoms with van der Waals surface area (Å²) < 4.78 is 10.9. The van der Waals surface area contributed by atoms with Crippen molar-refractivity contribution < 1.29 is 9.26 Å². The van der Waals surface area contributed by atoms with Crippen LogP contribution >= 0.6 is 0 Å². The van der Waals surface area contributed by atoms with Gasteiger partial charge in [0.25, 0.3) is 0 Å². The molecule has 1 aromatic heterocycles. The number of rotatable bonds is 4. The first-order valence-electron chi connectivity index (χ1n) is 6.15. The molecule has 1 fully saturated rings. The summed E-state index contributed by atoms with van der Waals surface area (Å²) in [7, 11) is 0. The van der Waals surface area contributed by atoms with Crippen molar-refractivity contribution in [2.75, 3.05) is 12.3 Å². The molecule has 4 heteroatoms. The second kappa shape index (κ2) is 5.34. The number of hydrogen-bond donors (Lipinski definition) is 1. The molecule has 1 aromatic rings. The van der Waals surface area contributed by atoms with Crippen molar-refractivity contribution in [1.82, 2.24) is 5.16 Å². The molecule has 90 valence electrons. The number of ether oxygens (including phenoxy) is 1. The minimum Gasteiger partial charge on any atom is -0.381 e. The number of aryl methyl sites for hydroxylation is 1. The highest BCUT2D eigenvalue weighted by Gasteiger charge is 2.17. The van der Waals surface area contributed by atoms with Crippen LogP contribution in [0.3, 0.4) is 0 Å². The van der Waals surface area contributed by atoms with Gasteiger partial charge < -0.3 is 15.0 Å². The molecule has 0 saturated carbocycles. The van der Waals surface area contributed by atoms with Crippen molar-refractivity contribution in [2.45, 2.75) is 51.6 Å². The van der Waals surface area contributed by atoms with Gasteiger partial charge in [0.2, 0.25) is 0 Å². The molecule has 1 unspecified atom stereocenters. The molecular weight excluding hydrogens is 204 g/mol. The topological polar surface area (TPSA) is 61.3 Å². The zero-order valence-corrected chi connectivity index (χ0v) is 9.87. The van der Waals surface area contributed by atoms with E-state index in [2.05, 4.69) is 12.1 Å². The van der Waals surface area contributed by atoms with Crippen LogP contribution in [-0.2, 0) is 17.6 Å². The molecule has 2 rings (SSSR count). The van der Waals surface area contributed by atoms with Crippen LogP contribution < -0.4 is 5.73 Å². The van der Waals surface area contributed by atoms with Crippen LogP contribution in [-0.4, -0.2) is 17.9 Å². The van der Waals surface area contributed by atoms with E-state index in [-0.39, 0.29) is 0 Å². The van der Waals surface area contributed by atoms with E-state index in [1.807, 2.05) is 0 Å². The lowest BCUT2D eigenvalue weighted by Crippen LogP contribution is -2.19. The maximum Gasteiger partial charge on any atom is 0.170 e. The van der Waals surface area contributed by atoms with Gasteiger partial charge in [0.05, 0.1) is 6.10 Å². The van der Waals surface area contributed by atoms with Crippen molar-refractivity contribution in [3.63, 3.8) is 0 Å². The third-order valence-corrected chi connectivity index (χ3v) is 3.22. The van der Waals surface area contributed by atoms with Crippen LogP contribution in [0.25, 0.3) is 0 Å². The van der Waals surface area contributed by atoms with Crippen molar-refractivity contribution >= 4 is 5.82 Å². The van der Waals surface area contributed by atoms with E-state index in [1.54, 1.807) is 0 Å². The van der Waals surface area contributed by atoms with Crippen molar-refractivity contribution in [1.29, 1.82) is 0 Å². The van der Waals surface area contributed by atoms with Gasteiger partial charge in [-0.1, -0.05) is 12.1 Å². The third-order valence-electron chi connectivity index (χ3n) is 3.22. The molecule has 0 spiro atoms. The van der Waals surface area contributed by atoms with Crippen LogP contribution in [0, 0.1) is 0 Å². The average molecular weight is 224 g/mol. The molecule has 2 heterocycles. The number of hydrogen-bond acceptors (Lipinski definition) is 4. The SMILES string of the molecule is CCc1c(N)noc1CCC1CCCCO1. The van der Waals surface area contributed by atoms with Crippen molar-refractivity contribution in [2.24, 2.45) is 0 Å². The van der Waals surface area contributed by atoms with Gasteiger partial charge in [0.1, 0.15) is 5.76 Å². The minimum absolute atomic E-state index is 0.393. The van der Waals surface area contributed by atoms with E-state index in [9.17, 15) is 0 Å². The largest absolute Gasteiger partial charge is 0.381 e. The van der Waals surface area contributed by atoms with Crippen molar-refractivity contribution in [3.8, 4) is 0 Å². The van der Waals surface area contributed by atoms with Gasteiger partial charge in [-0.2, -0.15) is 0 Å². The van der Waals surface area contributed by atoms with E-state index >= 15 is 0 Å². The smallest absolute Gasteiger partial charge is 0.170 e. The summed E-state index contributed by atoms with van der Waals surface area (Å²) in [5, 5.41) is 3.81. The van der Waals surface area contributed by atoms with Gasteiger partial charge in [0.15, 0.2) is 5.82 Å². The number of nitrogens with zero attached hydrogens (tertiary/aromatic N) is 1. The number of nitrogens with two attached hydrogens (primary N) is 1. The Morgan fingerprint density at radius 1 is 1.44 bits per heavy atom. The fourth-order valence-corrected chi connectivity index (χ4v) is 2.26. The Bertz CT molecular complexity index is 330. The number of aromatic nitrogens is 1. The molecule has 1 aliphatic heterocycles. The van der Waals surface area contributed by atoms with Gasteiger partial charge in [-0.15, -0.1) is 0 Å². The monoisotopic (exact) mass is 224 g/mol. The van der Waals surface area contributed by atoms with Gasteiger partial charge in [-0.25, -0.2) is 0 Å².